The van der Waals surface area contributed by atoms with Gasteiger partial charge in [0.1, 0.15) is 0 Å². The summed E-state index contributed by atoms with van der Waals surface area (Å²) in [6.45, 7) is 4.24. The van der Waals surface area contributed by atoms with Crippen LogP contribution in [0.4, 0.5) is 0 Å². The second-order valence-electron chi connectivity index (χ2n) is 4.08. The van der Waals surface area contributed by atoms with E-state index in [0.29, 0.717) is 0 Å². The lowest BCUT2D eigenvalue weighted by atomic mass is 10.2. The smallest absolute Gasteiger partial charge is 0.0794 e. The first-order valence-electron chi connectivity index (χ1n) is 6.18. The second-order valence-corrected chi connectivity index (χ2v) is 6.10. The number of rotatable bonds is 7. The van der Waals surface area contributed by atoms with E-state index < -0.39 is 0 Å². The largest absolute Gasteiger partial charge is 0.313 e. The van der Waals surface area contributed by atoms with Crippen LogP contribution in [0.1, 0.15) is 23.8 Å². The number of thiazole rings is 1. The number of hydrogen-bond acceptors (Lipinski definition) is 4. The summed E-state index contributed by atoms with van der Waals surface area (Å²) in [5.74, 6) is 1.01. The molecule has 2 aromatic rings. The van der Waals surface area contributed by atoms with E-state index in [0.717, 1.165) is 18.8 Å². The average molecular weight is 278 g/mol. The maximum absolute atomic E-state index is 4.09. The van der Waals surface area contributed by atoms with Crippen molar-refractivity contribution in [3.8, 4) is 0 Å². The molecule has 2 nitrogen and oxygen atoms in total. The Kier molecular flexibility index (Phi) is 5.71. The minimum atomic E-state index is 0.966. The summed E-state index contributed by atoms with van der Waals surface area (Å²) in [4.78, 5) is 6.74. The molecule has 0 spiro atoms. The van der Waals surface area contributed by atoms with E-state index in [4.69, 9.17) is 0 Å². The quantitative estimate of drug-likeness (QED) is 0.613. The third kappa shape index (κ3) is 4.44. The molecule has 1 N–H and O–H groups in total. The van der Waals surface area contributed by atoms with Crippen LogP contribution in [0.15, 0.2) is 40.9 Å². The van der Waals surface area contributed by atoms with Gasteiger partial charge in [0.2, 0.25) is 0 Å². The first kappa shape index (κ1) is 13.6. The molecule has 0 fully saturated rings. The highest BCUT2D eigenvalue weighted by molar-refractivity contribution is 7.98. The highest BCUT2D eigenvalue weighted by Crippen LogP contribution is 2.24. The topological polar surface area (TPSA) is 24.9 Å². The maximum Gasteiger partial charge on any atom is 0.0794 e. The number of nitrogens with zero attached hydrogens (tertiary/aromatic N) is 1. The van der Waals surface area contributed by atoms with Gasteiger partial charge in [-0.25, -0.2) is 0 Å². The summed E-state index contributed by atoms with van der Waals surface area (Å²) in [5, 5.41) is 3.41. The van der Waals surface area contributed by atoms with Gasteiger partial charge in [0.15, 0.2) is 0 Å². The van der Waals surface area contributed by atoms with Gasteiger partial charge in [0, 0.05) is 28.3 Å². The van der Waals surface area contributed by atoms with E-state index >= 15 is 0 Å². The molecule has 0 atom stereocenters. The molecule has 96 valence electrons. The Morgan fingerprint density at radius 1 is 1.28 bits per heavy atom. The van der Waals surface area contributed by atoms with Gasteiger partial charge in [-0.15, -0.1) is 23.1 Å². The standard InChI is InChI=1S/C14H18N2S2/c1-2-7-15-8-12-3-5-13(6-4-12)17-10-14-9-16-11-18-14/h3-6,9,11,15H,2,7-8,10H2,1H3. The molecule has 0 radical (unpaired) electrons. The van der Waals surface area contributed by atoms with Crippen molar-refractivity contribution in [2.75, 3.05) is 6.54 Å². The average Bonchev–Trinajstić information content (AvgIpc) is 2.91. The van der Waals surface area contributed by atoms with Crippen molar-refractivity contribution in [2.45, 2.75) is 30.5 Å². The molecule has 0 aliphatic carbocycles. The van der Waals surface area contributed by atoms with Gasteiger partial charge in [-0.05, 0) is 30.7 Å². The van der Waals surface area contributed by atoms with Crippen LogP contribution in [0.5, 0.6) is 0 Å². The zero-order chi connectivity index (χ0) is 12.6. The van der Waals surface area contributed by atoms with E-state index in [-0.39, 0.29) is 0 Å². The molecule has 1 aromatic carbocycles. The van der Waals surface area contributed by atoms with E-state index in [1.165, 1.54) is 21.8 Å². The lowest BCUT2D eigenvalue weighted by molar-refractivity contribution is 0.675. The van der Waals surface area contributed by atoms with Crippen molar-refractivity contribution in [1.29, 1.82) is 0 Å². The summed E-state index contributed by atoms with van der Waals surface area (Å²) in [6.07, 6.45) is 3.13. The number of hydrogen-bond donors (Lipinski definition) is 1. The normalized spacial score (nSPS) is 10.7. The molecule has 0 saturated heterocycles. The van der Waals surface area contributed by atoms with Gasteiger partial charge in [-0.1, -0.05) is 19.1 Å². The molecule has 18 heavy (non-hydrogen) atoms. The predicted molar refractivity (Wildman–Crippen MR) is 80.1 cm³/mol. The number of thioether (sulfide) groups is 1. The van der Waals surface area contributed by atoms with Crippen LogP contribution in [0, 0.1) is 0 Å². The summed E-state index contributed by atoms with van der Waals surface area (Å²) < 4.78 is 0. The maximum atomic E-state index is 4.09. The molecule has 0 aliphatic heterocycles. The molecule has 0 amide bonds. The molecule has 0 bridgehead atoms. The van der Waals surface area contributed by atoms with Crippen molar-refractivity contribution in [3.05, 3.63) is 46.4 Å². The monoisotopic (exact) mass is 278 g/mol. The molecular weight excluding hydrogens is 260 g/mol. The fourth-order valence-electron chi connectivity index (χ4n) is 1.58. The van der Waals surface area contributed by atoms with Crippen molar-refractivity contribution in [2.24, 2.45) is 0 Å². The van der Waals surface area contributed by atoms with Gasteiger partial charge < -0.3 is 5.32 Å². The van der Waals surface area contributed by atoms with E-state index in [1.807, 2.05) is 23.5 Å². The number of aromatic nitrogens is 1. The third-order valence-corrected chi connectivity index (χ3v) is 4.57. The second kappa shape index (κ2) is 7.56. The SMILES string of the molecule is CCCNCc1ccc(SCc2cncs2)cc1. The molecule has 0 aliphatic rings. The Balaban J connectivity index is 1.80. The molecule has 1 aromatic heterocycles. The van der Waals surface area contributed by atoms with E-state index in [2.05, 4.69) is 41.5 Å². The molecule has 0 unspecified atom stereocenters. The Morgan fingerprint density at radius 3 is 2.78 bits per heavy atom. The van der Waals surface area contributed by atoms with Gasteiger partial charge in [0.05, 0.1) is 5.51 Å². The fourth-order valence-corrected chi connectivity index (χ4v) is 3.12. The van der Waals surface area contributed by atoms with Crippen molar-refractivity contribution >= 4 is 23.1 Å². The first-order valence-corrected chi connectivity index (χ1v) is 8.05. The fraction of sp³-hybridized carbons (Fsp3) is 0.357. The van der Waals surface area contributed by atoms with Crippen LogP contribution in [-0.2, 0) is 12.3 Å². The highest BCUT2D eigenvalue weighted by atomic mass is 32.2. The molecular formula is C14H18N2S2. The molecule has 4 heteroatoms. The number of nitrogens with one attached hydrogen (secondary N) is 1. The summed E-state index contributed by atoms with van der Waals surface area (Å²) in [5.41, 5.74) is 3.24. The Morgan fingerprint density at radius 2 is 2.11 bits per heavy atom. The zero-order valence-electron chi connectivity index (χ0n) is 10.6. The Bertz CT molecular complexity index is 437. The van der Waals surface area contributed by atoms with Gasteiger partial charge in [-0.3, -0.25) is 4.98 Å². The predicted octanol–water partition coefficient (Wildman–Crippen LogP) is 3.94. The lowest BCUT2D eigenvalue weighted by Gasteiger charge is -2.04. The summed E-state index contributed by atoms with van der Waals surface area (Å²) in [6, 6.07) is 8.82. The van der Waals surface area contributed by atoms with Crippen molar-refractivity contribution in [3.63, 3.8) is 0 Å². The van der Waals surface area contributed by atoms with E-state index in [1.54, 1.807) is 11.3 Å². The first-order chi connectivity index (χ1) is 8.88. The third-order valence-electron chi connectivity index (χ3n) is 2.54. The van der Waals surface area contributed by atoms with Crippen LogP contribution in [0.25, 0.3) is 0 Å². The van der Waals surface area contributed by atoms with Crippen LogP contribution >= 0.6 is 23.1 Å². The van der Waals surface area contributed by atoms with Gasteiger partial charge in [0.25, 0.3) is 0 Å². The summed E-state index contributed by atoms with van der Waals surface area (Å²) >= 11 is 3.58. The lowest BCUT2D eigenvalue weighted by Crippen LogP contribution is -2.13. The Hall–Kier alpha value is -0.840. The summed E-state index contributed by atoms with van der Waals surface area (Å²) in [7, 11) is 0. The van der Waals surface area contributed by atoms with Crippen LogP contribution in [-0.4, -0.2) is 11.5 Å². The van der Waals surface area contributed by atoms with E-state index in [9.17, 15) is 0 Å². The van der Waals surface area contributed by atoms with Crippen molar-refractivity contribution < 1.29 is 0 Å². The molecule has 1 heterocycles. The van der Waals surface area contributed by atoms with Crippen molar-refractivity contribution in [1.82, 2.24) is 10.3 Å². The Labute approximate surface area is 117 Å². The van der Waals surface area contributed by atoms with Gasteiger partial charge in [-0.2, -0.15) is 0 Å². The van der Waals surface area contributed by atoms with Crippen LogP contribution in [0.3, 0.4) is 0 Å². The molecule has 0 saturated carbocycles. The molecule has 2 rings (SSSR count). The minimum absolute atomic E-state index is 0.966. The van der Waals surface area contributed by atoms with Crippen LogP contribution < -0.4 is 5.32 Å². The highest BCUT2D eigenvalue weighted by Gasteiger charge is 1.98. The number of benzene rings is 1. The van der Waals surface area contributed by atoms with Crippen LogP contribution in [0.2, 0.25) is 0 Å². The minimum Gasteiger partial charge on any atom is -0.313 e. The zero-order valence-corrected chi connectivity index (χ0v) is 12.2. The van der Waals surface area contributed by atoms with Gasteiger partial charge >= 0.3 is 0 Å².